The topological polar surface area (TPSA) is 56.7 Å². The third kappa shape index (κ3) is 2.40. The Morgan fingerprint density at radius 1 is 1.00 bits per heavy atom. The summed E-state index contributed by atoms with van der Waals surface area (Å²) in [6.07, 6.45) is 3.62. The molecule has 1 aromatic carbocycles. The maximum Gasteiger partial charge on any atom is 0.100 e. The van der Waals surface area contributed by atoms with Gasteiger partial charge in [-0.2, -0.15) is 5.10 Å². The van der Waals surface area contributed by atoms with Gasteiger partial charge in [0, 0.05) is 41.4 Å². The lowest BCUT2D eigenvalue weighted by molar-refractivity contribution is 0.642. The predicted molar refractivity (Wildman–Crippen MR) is 85.7 cm³/mol. The van der Waals surface area contributed by atoms with E-state index in [9.17, 15) is 0 Å². The minimum Gasteiger partial charge on any atom is -0.399 e. The molecule has 21 heavy (non-hydrogen) atoms. The number of hydrogen-bond acceptors (Lipinski definition) is 3. The highest BCUT2D eigenvalue weighted by atomic mass is 15.3. The minimum atomic E-state index is 0.760. The summed E-state index contributed by atoms with van der Waals surface area (Å²) in [5.74, 6) is 0. The van der Waals surface area contributed by atoms with E-state index in [1.807, 2.05) is 53.5 Å². The van der Waals surface area contributed by atoms with Gasteiger partial charge in [0.15, 0.2) is 0 Å². The lowest BCUT2D eigenvalue weighted by Gasteiger charge is -2.05. The fraction of sp³-hybridized carbons (Fsp3) is 0.176. The molecule has 0 atom stereocenters. The smallest absolute Gasteiger partial charge is 0.100 e. The average Bonchev–Trinajstić information content (AvgIpc) is 2.85. The molecule has 2 heterocycles. The predicted octanol–water partition coefficient (Wildman–Crippen LogP) is 3.52. The first kappa shape index (κ1) is 13.4. The zero-order chi connectivity index (χ0) is 14.8. The van der Waals surface area contributed by atoms with Crippen molar-refractivity contribution in [2.75, 3.05) is 5.73 Å². The molecule has 2 aromatic heterocycles. The van der Waals surface area contributed by atoms with Crippen LogP contribution >= 0.6 is 0 Å². The lowest BCUT2D eigenvalue weighted by atomic mass is 10.00. The van der Waals surface area contributed by atoms with Crippen LogP contribution in [0.15, 0.2) is 48.8 Å². The van der Waals surface area contributed by atoms with Crippen LogP contribution in [0.2, 0.25) is 0 Å². The van der Waals surface area contributed by atoms with Gasteiger partial charge in [-0.1, -0.05) is 12.1 Å². The van der Waals surface area contributed by atoms with E-state index in [0.717, 1.165) is 40.3 Å². The summed E-state index contributed by atoms with van der Waals surface area (Å²) in [5.41, 5.74) is 12.1. The molecular formula is C17H18N4. The van der Waals surface area contributed by atoms with Gasteiger partial charge in [0.05, 0.1) is 0 Å². The van der Waals surface area contributed by atoms with Crippen molar-refractivity contribution in [1.82, 2.24) is 14.8 Å². The Morgan fingerprint density at radius 3 is 2.29 bits per heavy atom. The van der Waals surface area contributed by atoms with Gasteiger partial charge in [0.25, 0.3) is 0 Å². The van der Waals surface area contributed by atoms with E-state index in [1.54, 1.807) is 0 Å². The van der Waals surface area contributed by atoms with Crippen LogP contribution in [0.3, 0.4) is 0 Å². The highest BCUT2D eigenvalue weighted by molar-refractivity contribution is 5.82. The minimum absolute atomic E-state index is 0.760. The van der Waals surface area contributed by atoms with E-state index in [1.165, 1.54) is 0 Å². The van der Waals surface area contributed by atoms with E-state index in [0.29, 0.717) is 0 Å². The number of anilines is 1. The fourth-order valence-electron chi connectivity index (χ4n) is 2.56. The van der Waals surface area contributed by atoms with Gasteiger partial charge in [-0.3, -0.25) is 9.67 Å². The van der Waals surface area contributed by atoms with Crippen LogP contribution in [0.1, 0.15) is 12.6 Å². The van der Waals surface area contributed by atoms with Crippen molar-refractivity contribution in [3.63, 3.8) is 0 Å². The molecule has 0 saturated carbocycles. The Morgan fingerprint density at radius 2 is 1.67 bits per heavy atom. The van der Waals surface area contributed by atoms with Crippen LogP contribution in [0.25, 0.3) is 22.4 Å². The maximum absolute atomic E-state index is 5.78. The highest BCUT2D eigenvalue weighted by Crippen LogP contribution is 2.34. The number of hydrogen-bond donors (Lipinski definition) is 1. The average molecular weight is 278 g/mol. The zero-order valence-electron chi connectivity index (χ0n) is 12.2. The molecule has 0 spiro atoms. The van der Waals surface area contributed by atoms with Crippen LogP contribution in [0.4, 0.5) is 5.69 Å². The first-order valence-corrected chi connectivity index (χ1v) is 7.04. The third-order valence-corrected chi connectivity index (χ3v) is 3.66. The first-order valence-electron chi connectivity index (χ1n) is 7.04. The fourth-order valence-corrected chi connectivity index (χ4v) is 2.56. The molecular weight excluding hydrogens is 260 g/mol. The van der Waals surface area contributed by atoms with Crippen molar-refractivity contribution in [1.29, 1.82) is 0 Å². The van der Waals surface area contributed by atoms with Gasteiger partial charge >= 0.3 is 0 Å². The first-order chi connectivity index (χ1) is 10.2. The highest BCUT2D eigenvalue weighted by Gasteiger charge is 2.17. The molecule has 0 aliphatic carbocycles. The molecule has 0 radical (unpaired) electrons. The van der Waals surface area contributed by atoms with Crippen molar-refractivity contribution >= 4 is 5.69 Å². The molecule has 3 rings (SSSR count). The second-order valence-electron chi connectivity index (χ2n) is 4.98. The maximum atomic E-state index is 5.78. The van der Waals surface area contributed by atoms with Crippen molar-refractivity contribution in [3.05, 3.63) is 54.5 Å². The van der Waals surface area contributed by atoms with E-state index < -0.39 is 0 Å². The molecule has 2 N–H and O–H groups in total. The molecule has 4 nitrogen and oxygen atoms in total. The monoisotopic (exact) mass is 278 g/mol. The standard InChI is InChI=1S/C17H18N4/c1-3-21-12(2)16(13-8-10-19-11-9-13)17(20-21)14-4-6-15(18)7-5-14/h4-11H,3,18H2,1-2H3. The summed E-state index contributed by atoms with van der Waals surface area (Å²) >= 11 is 0. The molecule has 4 heteroatoms. The molecule has 0 amide bonds. The molecule has 3 aromatic rings. The summed E-state index contributed by atoms with van der Waals surface area (Å²) in [6.45, 7) is 5.05. The van der Waals surface area contributed by atoms with Crippen LogP contribution in [-0.2, 0) is 6.54 Å². The Balaban J connectivity index is 2.22. The number of benzene rings is 1. The van der Waals surface area contributed by atoms with Gasteiger partial charge < -0.3 is 5.73 Å². The van der Waals surface area contributed by atoms with E-state index in [-0.39, 0.29) is 0 Å². The molecule has 0 fully saturated rings. The number of nitrogens with zero attached hydrogens (tertiary/aromatic N) is 3. The van der Waals surface area contributed by atoms with Gasteiger partial charge in [-0.05, 0) is 43.7 Å². The van der Waals surface area contributed by atoms with Gasteiger partial charge in [-0.25, -0.2) is 0 Å². The number of pyridine rings is 1. The molecule has 0 unspecified atom stereocenters. The number of nitrogens with two attached hydrogens (primary N) is 1. The van der Waals surface area contributed by atoms with E-state index >= 15 is 0 Å². The van der Waals surface area contributed by atoms with Gasteiger partial charge in [-0.15, -0.1) is 0 Å². The summed E-state index contributed by atoms with van der Waals surface area (Å²) < 4.78 is 2.03. The zero-order valence-corrected chi connectivity index (χ0v) is 12.2. The summed E-state index contributed by atoms with van der Waals surface area (Å²) in [7, 11) is 0. The Bertz CT molecular complexity index is 742. The second kappa shape index (κ2) is 5.40. The number of rotatable bonds is 3. The van der Waals surface area contributed by atoms with Crippen LogP contribution in [0.5, 0.6) is 0 Å². The SMILES string of the molecule is CCn1nc(-c2ccc(N)cc2)c(-c2ccncc2)c1C. The molecule has 0 aliphatic heterocycles. The van der Waals surface area contributed by atoms with Gasteiger partial charge in [0.1, 0.15) is 5.69 Å². The Labute approximate surface area is 124 Å². The van der Waals surface area contributed by atoms with Crippen LogP contribution in [-0.4, -0.2) is 14.8 Å². The van der Waals surface area contributed by atoms with E-state index in [2.05, 4.69) is 18.8 Å². The second-order valence-corrected chi connectivity index (χ2v) is 4.98. The summed E-state index contributed by atoms with van der Waals surface area (Å²) in [4.78, 5) is 4.10. The number of aromatic nitrogens is 3. The van der Waals surface area contributed by atoms with E-state index in [4.69, 9.17) is 10.8 Å². The third-order valence-electron chi connectivity index (χ3n) is 3.66. The normalized spacial score (nSPS) is 10.8. The quantitative estimate of drug-likeness (QED) is 0.746. The molecule has 106 valence electrons. The van der Waals surface area contributed by atoms with Crippen molar-refractivity contribution in [2.24, 2.45) is 0 Å². The van der Waals surface area contributed by atoms with Crippen LogP contribution < -0.4 is 5.73 Å². The lowest BCUT2D eigenvalue weighted by Crippen LogP contribution is -1.98. The largest absolute Gasteiger partial charge is 0.399 e. The van der Waals surface area contributed by atoms with Crippen molar-refractivity contribution < 1.29 is 0 Å². The molecule has 0 saturated heterocycles. The Hall–Kier alpha value is -2.62. The van der Waals surface area contributed by atoms with Crippen LogP contribution in [0, 0.1) is 6.92 Å². The molecule has 0 bridgehead atoms. The summed E-state index contributed by atoms with van der Waals surface area (Å²) in [5, 5.41) is 4.76. The number of nitrogen functional groups attached to an aromatic ring is 1. The number of aryl methyl sites for hydroxylation is 1. The van der Waals surface area contributed by atoms with Crippen molar-refractivity contribution in [3.8, 4) is 22.4 Å². The molecule has 0 aliphatic rings. The Kier molecular flexibility index (Phi) is 3.44. The van der Waals surface area contributed by atoms with Gasteiger partial charge in [0.2, 0.25) is 0 Å². The summed E-state index contributed by atoms with van der Waals surface area (Å²) in [6, 6.07) is 11.9. The van der Waals surface area contributed by atoms with Crippen molar-refractivity contribution in [2.45, 2.75) is 20.4 Å².